The van der Waals surface area contributed by atoms with Gasteiger partial charge in [0.2, 0.25) is 0 Å². The fraction of sp³-hybridized carbons (Fsp3) is 0. The second-order valence-corrected chi connectivity index (χ2v) is 6.06. The smallest absolute Gasteiger partial charge is 0.263 e. The Labute approximate surface area is 126 Å². The highest BCUT2D eigenvalue weighted by atomic mass is 32.2. The molecule has 0 saturated carbocycles. The number of hydrogen-bond acceptors (Lipinski definition) is 3. The van der Waals surface area contributed by atoms with Crippen molar-refractivity contribution in [2.24, 2.45) is 0 Å². The molecule has 0 atom stereocenters. The van der Waals surface area contributed by atoms with Gasteiger partial charge in [0, 0.05) is 0 Å². The van der Waals surface area contributed by atoms with E-state index in [-0.39, 0.29) is 5.91 Å². The summed E-state index contributed by atoms with van der Waals surface area (Å²) < 4.78 is 0.514. The molecule has 20 heavy (non-hydrogen) atoms. The molecule has 0 bridgehead atoms. The highest BCUT2D eigenvalue weighted by molar-refractivity contribution is 8.26. The van der Waals surface area contributed by atoms with Crippen molar-refractivity contribution in [2.45, 2.75) is 0 Å². The number of benzene rings is 2. The molecule has 0 radical (unpaired) electrons. The molecular weight excluding hydrogens is 286 g/mol. The predicted molar refractivity (Wildman–Crippen MR) is 88.2 cm³/mol. The van der Waals surface area contributed by atoms with E-state index in [2.05, 4.69) is 29.6 Å². The molecule has 0 unspecified atom stereocenters. The van der Waals surface area contributed by atoms with Crippen LogP contribution in [0, 0.1) is 0 Å². The first kappa shape index (κ1) is 13.1. The Morgan fingerprint density at radius 1 is 1.00 bits per heavy atom. The third-order valence-corrected chi connectivity index (χ3v) is 4.10. The molecule has 98 valence electrons. The first-order valence-electron chi connectivity index (χ1n) is 6.13. The zero-order valence-electron chi connectivity index (χ0n) is 10.5. The van der Waals surface area contributed by atoms with Crippen LogP contribution in [-0.4, -0.2) is 10.2 Å². The summed E-state index contributed by atoms with van der Waals surface area (Å²) in [5, 5.41) is 2.62. The maximum Gasteiger partial charge on any atom is 0.263 e. The first-order valence-corrected chi connectivity index (χ1v) is 7.35. The third kappa shape index (κ3) is 2.81. The number of hydrogen-bond donors (Lipinski definition) is 1. The summed E-state index contributed by atoms with van der Waals surface area (Å²) >= 11 is 6.28. The van der Waals surface area contributed by atoms with Crippen LogP contribution in [0.4, 0.5) is 0 Å². The van der Waals surface area contributed by atoms with E-state index < -0.39 is 0 Å². The standard InChI is InChI=1S/C16H11NOS2/c18-15-14(20-16(19)17-15)10-11-5-4-8-13(9-11)12-6-2-1-3-7-12/h1-10H,(H,17,18,19)/b14-10-. The molecule has 1 aliphatic rings. The van der Waals surface area contributed by atoms with Crippen LogP contribution in [0.1, 0.15) is 5.56 Å². The molecule has 0 aliphatic carbocycles. The van der Waals surface area contributed by atoms with Gasteiger partial charge >= 0.3 is 0 Å². The van der Waals surface area contributed by atoms with Crippen LogP contribution in [0.5, 0.6) is 0 Å². The summed E-state index contributed by atoms with van der Waals surface area (Å²) in [5.74, 6) is -0.120. The quantitative estimate of drug-likeness (QED) is 0.674. The fourth-order valence-electron chi connectivity index (χ4n) is 2.01. The minimum atomic E-state index is -0.120. The lowest BCUT2D eigenvalue weighted by atomic mass is 10.0. The Kier molecular flexibility index (Phi) is 3.67. The van der Waals surface area contributed by atoms with Crippen molar-refractivity contribution < 1.29 is 4.79 Å². The molecule has 1 N–H and O–H groups in total. The second kappa shape index (κ2) is 5.61. The number of carbonyl (C=O) groups is 1. The molecule has 0 aromatic heterocycles. The van der Waals surface area contributed by atoms with E-state index in [9.17, 15) is 4.79 Å². The summed E-state index contributed by atoms with van der Waals surface area (Å²) in [6, 6.07) is 18.3. The van der Waals surface area contributed by atoms with Crippen molar-refractivity contribution in [3.05, 3.63) is 65.1 Å². The summed E-state index contributed by atoms with van der Waals surface area (Å²) in [5.41, 5.74) is 3.28. The van der Waals surface area contributed by atoms with Gasteiger partial charge in [0.05, 0.1) is 4.91 Å². The molecule has 1 heterocycles. The molecule has 4 heteroatoms. The van der Waals surface area contributed by atoms with E-state index >= 15 is 0 Å². The van der Waals surface area contributed by atoms with Gasteiger partial charge in [-0.25, -0.2) is 0 Å². The SMILES string of the molecule is O=C1NC(=S)S/C1=C\c1cccc(-c2ccccc2)c1. The molecule has 2 aromatic rings. The predicted octanol–water partition coefficient (Wildman–Crippen LogP) is 3.84. The fourth-order valence-corrected chi connectivity index (χ4v) is 3.06. The average molecular weight is 297 g/mol. The van der Waals surface area contributed by atoms with Gasteiger partial charge in [-0.2, -0.15) is 0 Å². The Balaban J connectivity index is 1.95. The van der Waals surface area contributed by atoms with Crippen molar-refractivity contribution in [1.82, 2.24) is 5.32 Å². The molecule has 2 nitrogen and oxygen atoms in total. The van der Waals surface area contributed by atoms with E-state index in [1.165, 1.54) is 11.8 Å². The Morgan fingerprint density at radius 2 is 1.75 bits per heavy atom. The molecule has 0 spiro atoms. The minimum absolute atomic E-state index is 0.120. The van der Waals surface area contributed by atoms with Crippen molar-refractivity contribution in [3.8, 4) is 11.1 Å². The Morgan fingerprint density at radius 3 is 2.45 bits per heavy atom. The van der Waals surface area contributed by atoms with Crippen LogP contribution in [0.25, 0.3) is 17.2 Å². The zero-order chi connectivity index (χ0) is 13.9. The summed E-state index contributed by atoms with van der Waals surface area (Å²) in [6.07, 6.45) is 1.87. The molecule has 1 fully saturated rings. The highest BCUT2D eigenvalue weighted by Gasteiger charge is 2.21. The van der Waals surface area contributed by atoms with Gasteiger partial charge in [0.1, 0.15) is 4.32 Å². The maximum atomic E-state index is 11.7. The van der Waals surface area contributed by atoms with Crippen LogP contribution in [0.15, 0.2) is 59.5 Å². The third-order valence-electron chi connectivity index (χ3n) is 2.93. The van der Waals surface area contributed by atoms with Crippen molar-refractivity contribution in [2.75, 3.05) is 0 Å². The van der Waals surface area contributed by atoms with Crippen molar-refractivity contribution in [1.29, 1.82) is 0 Å². The Bertz CT molecular complexity index is 707. The molecule has 1 saturated heterocycles. The van der Waals surface area contributed by atoms with E-state index in [0.717, 1.165) is 16.7 Å². The summed E-state index contributed by atoms with van der Waals surface area (Å²) in [4.78, 5) is 12.3. The van der Waals surface area contributed by atoms with E-state index in [0.29, 0.717) is 9.23 Å². The summed E-state index contributed by atoms with van der Waals surface area (Å²) in [7, 11) is 0. The van der Waals surface area contributed by atoms with Crippen LogP contribution in [0.3, 0.4) is 0 Å². The first-order chi connectivity index (χ1) is 9.72. The van der Waals surface area contributed by atoms with Crippen LogP contribution >= 0.6 is 24.0 Å². The molecule has 1 aliphatic heterocycles. The number of carbonyl (C=O) groups excluding carboxylic acids is 1. The largest absolute Gasteiger partial charge is 0.307 e. The van der Waals surface area contributed by atoms with Crippen LogP contribution < -0.4 is 5.32 Å². The van der Waals surface area contributed by atoms with Crippen molar-refractivity contribution in [3.63, 3.8) is 0 Å². The topological polar surface area (TPSA) is 29.1 Å². The zero-order valence-corrected chi connectivity index (χ0v) is 12.1. The molecule has 3 rings (SSSR count). The van der Waals surface area contributed by atoms with E-state index in [4.69, 9.17) is 12.2 Å². The van der Waals surface area contributed by atoms with Crippen LogP contribution in [0.2, 0.25) is 0 Å². The lowest BCUT2D eigenvalue weighted by molar-refractivity contribution is -0.115. The monoisotopic (exact) mass is 297 g/mol. The normalized spacial score (nSPS) is 16.5. The Hall–Kier alpha value is -1.91. The summed E-state index contributed by atoms with van der Waals surface area (Å²) in [6.45, 7) is 0. The average Bonchev–Trinajstić information content (AvgIpc) is 2.78. The van der Waals surface area contributed by atoms with E-state index in [1.54, 1.807) is 0 Å². The lowest BCUT2D eigenvalue weighted by Gasteiger charge is -2.03. The van der Waals surface area contributed by atoms with E-state index in [1.807, 2.05) is 36.4 Å². The lowest BCUT2D eigenvalue weighted by Crippen LogP contribution is -2.17. The van der Waals surface area contributed by atoms with Gasteiger partial charge < -0.3 is 5.32 Å². The van der Waals surface area contributed by atoms with Gasteiger partial charge in [-0.15, -0.1) is 0 Å². The maximum absolute atomic E-state index is 11.7. The van der Waals surface area contributed by atoms with Gasteiger partial charge in [0.25, 0.3) is 5.91 Å². The van der Waals surface area contributed by atoms with Crippen LogP contribution in [-0.2, 0) is 4.79 Å². The van der Waals surface area contributed by atoms with Gasteiger partial charge in [-0.05, 0) is 28.8 Å². The number of rotatable bonds is 2. The van der Waals surface area contributed by atoms with Gasteiger partial charge in [0.15, 0.2) is 0 Å². The van der Waals surface area contributed by atoms with Crippen molar-refractivity contribution >= 4 is 40.3 Å². The number of thiocarbonyl (C=S) groups is 1. The van der Waals surface area contributed by atoms with Gasteiger partial charge in [-0.1, -0.05) is 72.5 Å². The second-order valence-electron chi connectivity index (χ2n) is 4.34. The molecule has 2 aromatic carbocycles. The minimum Gasteiger partial charge on any atom is -0.307 e. The molecular formula is C16H11NOS2. The van der Waals surface area contributed by atoms with Gasteiger partial charge in [-0.3, -0.25) is 4.79 Å². The molecule has 1 amide bonds. The number of amides is 1. The number of nitrogens with one attached hydrogen (secondary N) is 1. The highest BCUT2D eigenvalue weighted by Crippen LogP contribution is 2.27. The number of thioether (sulfide) groups is 1.